The summed E-state index contributed by atoms with van der Waals surface area (Å²) in [4.78, 5) is 0.408. The molecule has 0 atom stereocenters. The van der Waals surface area contributed by atoms with E-state index >= 15 is 0 Å². The number of benzene rings is 1. The molecule has 0 spiro atoms. The first kappa shape index (κ1) is 14.8. The Hall–Kier alpha value is -0.580. The molecule has 1 aromatic carbocycles. The Bertz CT molecular complexity index is 553. The first-order valence-corrected chi connectivity index (χ1v) is 8.66. The Morgan fingerprint density at radius 2 is 2.05 bits per heavy atom. The number of halogens is 1. The lowest BCUT2D eigenvalue weighted by molar-refractivity contribution is 0.403. The summed E-state index contributed by atoms with van der Waals surface area (Å²) < 4.78 is 27.2. The van der Waals surface area contributed by atoms with Gasteiger partial charge in [0.25, 0.3) is 0 Å². The molecule has 0 bridgehead atoms. The van der Waals surface area contributed by atoms with Crippen LogP contribution in [0.5, 0.6) is 0 Å². The zero-order valence-electron chi connectivity index (χ0n) is 11.4. The highest BCUT2D eigenvalue weighted by Crippen LogP contribution is 2.33. The van der Waals surface area contributed by atoms with Crippen molar-refractivity contribution in [3.8, 4) is 0 Å². The van der Waals surface area contributed by atoms with Gasteiger partial charge in [0.15, 0.2) is 0 Å². The van der Waals surface area contributed by atoms with Crippen LogP contribution in [0, 0.1) is 6.92 Å². The molecule has 1 aliphatic carbocycles. The highest BCUT2D eigenvalue weighted by atomic mass is 35.5. The Balaban J connectivity index is 2.43. The molecule has 0 radical (unpaired) electrons. The Morgan fingerprint density at radius 1 is 1.37 bits per heavy atom. The molecule has 106 valence electrons. The van der Waals surface area contributed by atoms with Gasteiger partial charge in [-0.25, -0.2) is 8.42 Å². The summed E-state index contributed by atoms with van der Waals surface area (Å²) in [6.07, 6.45) is 2.80. The third-order valence-corrected chi connectivity index (χ3v) is 5.91. The molecule has 1 aliphatic rings. The SMILES string of the molecule is CCCN(C1CC1)S(=O)(=O)c1cccc(CCl)c1C. The molecule has 5 heteroatoms. The van der Waals surface area contributed by atoms with Gasteiger partial charge in [-0.15, -0.1) is 11.6 Å². The van der Waals surface area contributed by atoms with Crippen molar-refractivity contribution in [1.82, 2.24) is 4.31 Å². The normalized spacial score (nSPS) is 16.0. The third-order valence-electron chi connectivity index (χ3n) is 3.53. The van der Waals surface area contributed by atoms with E-state index in [4.69, 9.17) is 11.6 Å². The van der Waals surface area contributed by atoms with Gasteiger partial charge in [0, 0.05) is 18.5 Å². The van der Waals surface area contributed by atoms with Crippen LogP contribution in [0.15, 0.2) is 23.1 Å². The second kappa shape index (κ2) is 5.81. The van der Waals surface area contributed by atoms with Gasteiger partial charge in [-0.05, 0) is 43.4 Å². The summed E-state index contributed by atoms with van der Waals surface area (Å²) in [5, 5.41) is 0. The van der Waals surface area contributed by atoms with Gasteiger partial charge in [-0.3, -0.25) is 0 Å². The molecule has 0 aliphatic heterocycles. The van der Waals surface area contributed by atoms with Crippen molar-refractivity contribution >= 4 is 21.6 Å². The van der Waals surface area contributed by atoms with Crippen LogP contribution in [0.25, 0.3) is 0 Å². The summed E-state index contributed by atoms with van der Waals surface area (Å²) in [5.41, 5.74) is 1.66. The molecule has 0 N–H and O–H groups in total. The monoisotopic (exact) mass is 301 g/mol. The summed E-state index contributed by atoms with van der Waals surface area (Å²) in [6, 6.07) is 5.53. The van der Waals surface area contributed by atoms with E-state index in [0.29, 0.717) is 17.3 Å². The average molecular weight is 302 g/mol. The molecule has 0 unspecified atom stereocenters. The number of alkyl halides is 1. The lowest BCUT2D eigenvalue weighted by atomic mass is 10.1. The fraction of sp³-hybridized carbons (Fsp3) is 0.571. The molecule has 2 rings (SSSR count). The zero-order chi connectivity index (χ0) is 14.0. The Labute approximate surface area is 120 Å². The molecule has 0 aromatic heterocycles. The second-order valence-electron chi connectivity index (χ2n) is 5.02. The Morgan fingerprint density at radius 3 is 2.58 bits per heavy atom. The summed E-state index contributed by atoms with van der Waals surface area (Å²) >= 11 is 5.86. The van der Waals surface area contributed by atoms with Crippen LogP contribution in [0.4, 0.5) is 0 Å². The van der Waals surface area contributed by atoms with Crippen molar-refractivity contribution < 1.29 is 8.42 Å². The maximum absolute atomic E-state index is 12.8. The van der Waals surface area contributed by atoms with Gasteiger partial charge in [0.1, 0.15) is 0 Å². The van der Waals surface area contributed by atoms with Gasteiger partial charge in [-0.1, -0.05) is 19.1 Å². The van der Waals surface area contributed by atoms with E-state index in [-0.39, 0.29) is 6.04 Å². The van der Waals surface area contributed by atoms with Crippen molar-refractivity contribution in [3.05, 3.63) is 29.3 Å². The van der Waals surface area contributed by atoms with Gasteiger partial charge in [-0.2, -0.15) is 4.31 Å². The van der Waals surface area contributed by atoms with Crippen LogP contribution in [0.1, 0.15) is 37.3 Å². The largest absolute Gasteiger partial charge is 0.243 e. The van der Waals surface area contributed by atoms with E-state index in [1.54, 1.807) is 16.4 Å². The molecule has 0 heterocycles. The lowest BCUT2D eigenvalue weighted by Gasteiger charge is -2.22. The van der Waals surface area contributed by atoms with E-state index < -0.39 is 10.0 Å². The summed E-state index contributed by atoms with van der Waals surface area (Å²) in [6.45, 7) is 4.44. The van der Waals surface area contributed by atoms with E-state index in [2.05, 4.69) is 0 Å². The fourth-order valence-electron chi connectivity index (χ4n) is 2.29. The van der Waals surface area contributed by atoms with Crippen LogP contribution < -0.4 is 0 Å². The van der Waals surface area contributed by atoms with Crippen molar-refractivity contribution in [3.63, 3.8) is 0 Å². The van der Waals surface area contributed by atoms with Crippen LogP contribution in [-0.2, 0) is 15.9 Å². The third kappa shape index (κ3) is 2.96. The van der Waals surface area contributed by atoms with E-state index in [9.17, 15) is 8.42 Å². The van der Waals surface area contributed by atoms with Gasteiger partial charge >= 0.3 is 0 Å². The first-order valence-electron chi connectivity index (χ1n) is 6.68. The summed E-state index contributed by atoms with van der Waals surface area (Å²) in [7, 11) is -3.39. The predicted octanol–water partition coefficient (Wildman–Crippen LogP) is 3.30. The number of nitrogens with zero attached hydrogens (tertiary/aromatic N) is 1. The Kier molecular flexibility index (Phi) is 4.54. The van der Waals surface area contributed by atoms with Gasteiger partial charge in [0.2, 0.25) is 10.0 Å². The van der Waals surface area contributed by atoms with Crippen LogP contribution in [-0.4, -0.2) is 25.3 Å². The highest BCUT2D eigenvalue weighted by molar-refractivity contribution is 7.89. The van der Waals surface area contributed by atoms with E-state index in [1.807, 2.05) is 19.9 Å². The fourth-order valence-corrected chi connectivity index (χ4v) is 4.63. The van der Waals surface area contributed by atoms with E-state index in [0.717, 1.165) is 30.4 Å². The van der Waals surface area contributed by atoms with Crippen molar-refractivity contribution in [2.24, 2.45) is 0 Å². The van der Waals surface area contributed by atoms with Gasteiger partial charge in [0.05, 0.1) is 4.90 Å². The van der Waals surface area contributed by atoms with Crippen molar-refractivity contribution in [2.45, 2.75) is 49.9 Å². The topological polar surface area (TPSA) is 37.4 Å². The first-order chi connectivity index (χ1) is 9.02. The minimum atomic E-state index is -3.39. The van der Waals surface area contributed by atoms with Crippen LogP contribution in [0.2, 0.25) is 0 Å². The number of hydrogen-bond donors (Lipinski definition) is 0. The smallest absolute Gasteiger partial charge is 0.207 e. The minimum Gasteiger partial charge on any atom is -0.207 e. The predicted molar refractivity (Wildman–Crippen MR) is 77.9 cm³/mol. The molecule has 1 aromatic rings. The standard InChI is InChI=1S/C14H20ClNO2S/c1-3-9-16(13-7-8-13)19(17,18)14-6-4-5-12(10-15)11(14)2/h4-6,13H,3,7-10H2,1-2H3. The van der Waals surface area contributed by atoms with E-state index in [1.165, 1.54) is 0 Å². The second-order valence-corrected chi connectivity index (χ2v) is 7.15. The molecule has 19 heavy (non-hydrogen) atoms. The average Bonchev–Trinajstić information content (AvgIpc) is 3.20. The van der Waals surface area contributed by atoms with Crippen molar-refractivity contribution in [1.29, 1.82) is 0 Å². The number of hydrogen-bond acceptors (Lipinski definition) is 2. The summed E-state index contributed by atoms with van der Waals surface area (Å²) in [5.74, 6) is 0.340. The maximum Gasteiger partial charge on any atom is 0.243 e. The molecule has 0 amide bonds. The van der Waals surface area contributed by atoms with Crippen LogP contribution in [0.3, 0.4) is 0 Å². The molecule has 1 saturated carbocycles. The molecule has 1 fully saturated rings. The molecular weight excluding hydrogens is 282 g/mol. The molecule has 3 nitrogen and oxygen atoms in total. The minimum absolute atomic E-state index is 0.198. The lowest BCUT2D eigenvalue weighted by Crippen LogP contribution is -2.34. The molecule has 0 saturated heterocycles. The molecular formula is C14H20ClNO2S. The quantitative estimate of drug-likeness (QED) is 0.756. The number of sulfonamides is 1. The zero-order valence-corrected chi connectivity index (χ0v) is 13.0. The highest BCUT2D eigenvalue weighted by Gasteiger charge is 2.38. The van der Waals surface area contributed by atoms with Crippen LogP contribution >= 0.6 is 11.6 Å². The number of rotatable bonds is 6. The van der Waals surface area contributed by atoms with Crippen molar-refractivity contribution in [2.75, 3.05) is 6.54 Å². The maximum atomic E-state index is 12.8. The van der Waals surface area contributed by atoms with Gasteiger partial charge < -0.3 is 0 Å².